The molecule has 1 aliphatic carbocycles. The number of nitrogens with one attached hydrogen (secondary N) is 1. The van der Waals surface area contributed by atoms with Gasteiger partial charge in [0.2, 0.25) is 0 Å². The number of cyclic esters (lactones) is 1. The number of hydrogen-bond donors (Lipinski definition) is 1. The molecule has 1 atom stereocenters. The molecular formula is C9H15NO2. The Hall–Kier alpha value is -0.730. The lowest BCUT2D eigenvalue weighted by molar-refractivity contribution is 0.114. The summed E-state index contributed by atoms with van der Waals surface area (Å²) < 4.78 is 5.20. The highest BCUT2D eigenvalue weighted by molar-refractivity contribution is 5.72. The molecule has 0 radical (unpaired) electrons. The van der Waals surface area contributed by atoms with Crippen molar-refractivity contribution in [2.75, 3.05) is 0 Å². The maximum Gasteiger partial charge on any atom is 0.408 e. The third-order valence-electron chi connectivity index (χ3n) is 2.69. The summed E-state index contributed by atoms with van der Waals surface area (Å²) in [5, 5.41) is 2.90. The summed E-state index contributed by atoms with van der Waals surface area (Å²) in [7, 11) is 0. The molecule has 2 fully saturated rings. The van der Waals surface area contributed by atoms with Crippen molar-refractivity contribution >= 4 is 6.09 Å². The molecule has 1 heterocycles. The van der Waals surface area contributed by atoms with Gasteiger partial charge in [-0.15, -0.1) is 0 Å². The fraction of sp³-hybridized carbons (Fsp3) is 0.889. The second-order valence-corrected chi connectivity index (χ2v) is 4.30. The molecular weight excluding hydrogens is 154 g/mol. The predicted octanol–water partition coefficient (Wildman–Crippen LogP) is 1.67. The van der Waals surface area contributed by atoms with E-state index >= 15 is 0 Å². The van der Waals surface area contributed by atoms with Crippen LogP contribution >= 0.6 is 0 Å². The summed E-state index contributed by atoms with van der Waals surface area (Å²) in [6.45, 7) is 4.31. The fourth-order valence-corrected chi connectivity index (χ4v) is 1.84. The summed E-state index contributed by atoms with van der Waals surface area (Å²) in [5.41, 5.74) is 0.0430. The predicted molar refractivity (Wildman–Crippen MR) is 44.8 cm³/mol. The van der Waals surface area contributed by atoms with E-state index in [1.54, 1.807) is 0 Å². The molecule has 2 aliphatic rings. The highest BCUT2D eigenvalue weighted by Crippen LogP contribution is 2.45. The minimum absolute atomic E-state index is 0.0430. The number of ether oxygens (including phenoxy) is 1. The third kappa shape index (κ3) is 1.17. The Kier molecular flexibility index (Phi) is 1.56. The molecule has 0 aromatic heterocycles. The van der Waals surface area contributed by atoms with Crippen LogP contribution in [0.3, 0.4) is 0 Å². The van der Waals surface area contributed by atoms with Crippen molar-refractivity contribution in [2.24, 2.45) is 5.92 Å². The highest BCUT2D eigenvalue weighted by atomic mass is 16.6. The van der Waals surface area contributed by atoms with Gasteiger partial charge in [-0.3, -0.25) is 0 Å². The summed E-state index contributed by atoms with van der Waals surface area (Å²) in [4.78, 5) is 11.0. The van der Waals surface area contributed by atoms with Crippen LogP contribution in [0.15, 0.2) is 0 Å². The van der Waals surface area contributed by atoms with Gasteiger partial charge in [0.1, 0.15) is 6.10 Å². The summed E-state index contributed by atoms with van der Waals surface area (Å²) in [6.07, 6.45) is 3.08. The Morgan fingerprint density at radius 3 is 2.83 bits per heavy atom. The number of carbonyl (C=O) groups is 1. The van der Waals surface area contributed by atoms with Crippen LogP contribution in [0.4, 0.5) is 4.79 Å². The molecule has 1 N–H and O–H groups in total. The van der Waals surface area contributed by atoms with Crippen LogP contribution in [-0.2, 0) is 4.74 Å². The summed E-state index contributed by atoms with van der Waals surface area (Å²) >= 11 is 0. The lowest BCUT2D eigenvalue weighted by atomic mass is 9.99. The van der Waals surface area contributed by atoms with Gasteiger partial charge in [0.25, 0.3) is 0 Å². The maximum absolute atomic E-state index is 11.0. The molecule has 1 unspecified atom stereocenters. The molecule has 0 aromatic carbocycles. The van der Waals surface area contributed by atoms with E-state index in [0.29, 0.717) is 5.92 Å². The average Bonchev–Trinajstić information content (AvgIpc) is 2.60. The zero-order valence-electron chi connectivity index (χ0n) is 7.59. The van der Waals surface area contributed by atoms with Gasteiger partial charge in [-0.25, -0.2) is 4.79 Å². The van der Waals surface area contributed by atoms with E-state index in [9.17, 15) is 4.79 Å². The topological polar surface area (TPSA) is 38.3 Å². The standard InChI is InChI=1S/C9H15NO2/c1-6(2)5-7-9(3-4-9)10-8(11)12-7/h6-7H,3-5H2,1-2H3,(H,10,11). The largest absolute Gasteiger partial charge is 0.444 e. The Bertz CT molecular complexity index is 209. The van der Waals surface area contributed by atoms with Gasteiger partial charge in [-0.1, -0.05) is 13.8 Å². The number of amides is 1. The van der Waals surface area contributed by atoms with Gasteiger partial charge in [-0.05, 0) is 25.2 Å². The normalized spacial score (nSPS) is 30.6. The molecule has 68 valence electrons. The first kappa shape index (κ1) is 7.90. The number of alkyl carbamates (subject to hydrolysis) is 1. The third-order valence-corrected chi connectivity index (χ3v) is 2.69. The molecule has 3 heteroatoms. The molecule has 2 rings (SSSR count). The maximum atomic E-state index is 11.0. The van der Waals surface area contributed by atoms with Crippen LogP contribution in [0.5, 0.6) is 0 Å². The Morgan fingerprint density at radius 1 is 1.67 bits per heavy atom. The van der Waals surface area contributed by atoms with Gasteiger partial charge in [0.15, 0.2) is 0 Å². The Labute approximate surface area is 72.5 Å². The minimum atomic E-state index is -0.224. The van der Waals surface area contributed by atoms with E-state index in [0.717, 1.165) is 19.3 Å². The molecule has 3 nitrogen and oxygen atoms in total. The van der Waals surface area contributed by atoms with Crippen molar-refractivity contribution in [1.29, 1.82) is 0 Å². The number of carbonyl (C=O) groups excluding carboxylic acids is 1. The zero-order valence-corrected chi connectivity index (χ0v) is 7.59. The molecule has 0 aromatic rings. The van der Waals surface area contributed by atoms with Crippen LogP contribution in [0.2, 0.25) is 0 Å². The fourth-order valence-electron chi connectivity index (χ4n) is 1.84. The number of hydrogen-bond acceptors (Lipinski definition) is 2. The first-order valence-corrected chi connectivity index (χ1v) is 4.61. The smallest absolute Gasteiger partial charge is 0.408 e. The molecule has 1 amide bonds. The van der Waals surface area contributed by atoms with Crippen LogP contribution in [-0.4, -0.2) is 17.7 Å². The molecule has 1 saturated heterocycles. The van der Waals surface area contributed by atoms with E-state index in [4.69, 9.17) is 4.74 Å². The summed E-state index contributed by atoms with van der Waals surface area (Å²) in [6, 6.07) is 0. The monoisotopic (exact) mass is 169 g/mol. The van der Waals surface area contributed by atoms with Gasteiger partial charge in [0.05, 0.1) is 5.54 Å². The second kappa shape index (κ2) is 2.38. The van der Waals surface area contributed by atoms with E-state index in [2.05, 4.69) is 19.2 Å². The lowest BCUT2D eigenvalue weighted by Gasteiger charge is -2.16. The first-order valence-electron chi connectivity index (χ1n) is 4.61. The van der Waals surface area contributed by atoms with Crippen molar-refractivity contribution in [1.82, 2.24) is 5.32 Å². The average molecular weight is 169 g/mol. The highest BCUT2D eigenvalue weighted by Gasteiger charge is 2.57. The van der Waals surface area contributed by atoms with Crippen LogP contribution in [0.1, 0.15) is 33.1 Å². The zero-order chi connectivity index (χ0) is 8.77. The van der Waals surface area contributed by atoms with E-state index in [1.165, 1.54) is 0 Å². The molecule has 1 aliphatic heterocycles. The van der Waals surface area contributed by atoms with E-state index < -0.39 is 0 Å². The molecule has 12 heavy (non-hydrogen) atoms. The van der Waals surface area contributed by atoms with Crippen molar-refractivity contribution < 1.29 is 9.53 Å². The Morgan fingerprint density at radius 2 is 2.33 bits per heavy atom. The van der Waals surface area contributed by atoms with Gasteiger partial charge < -0.3 is 10.1 Å². The van der Waals surface area contributed by atoms with Crippen molar-refractivity contribution in [3.8, 4) is 0 Å². The first-order chi connectivity index (χ1) is 5.62. The van der Waals surface area contributed by atoms with E-state index in [-0.39, 0.29) is 17.7 Å². The molecule has 1 saturated carbocycles. The SMILES string of the molecule is CC(C)CC1OC(=O)NC12CC2. The Balaban J connectivity index is 2.01. The number of rotatable bonds is 2. The lowest BCUT2D eigenvalue weighted by Crippen LogP contribution is -2.34. The van der Waals surface area contributed by atoms with Crippen LogP contribution in [0, 0.1) is 5.92 Å². The van der Waals surface area contributed by atoms with Gasteiger partial charge >= 0.3 is 6.09 Å². The molecule has 0 bridgehead atoms. The van der Waals surface area contributed by atoms with Crippen LogP contribution < -0.4 is 5.32 Å². The molecule has 1 spiro atoms. The van der Waals surface area contributed by atoms with Crippen molar-refractivity contribution in [2.45, 2.75) is 44.8 Å². The quantitative estimate of drug-likeness (QED) is 0.683. The van der Waals surface area contributed by atoms with Gasteiger partial charge in [0, 0.05) is 0 Å². The van der Waals surface area contributed by atoms with Gasteiger partial charge in [-0.2, -0.15) is 0 Å². The van der Waals surface area contributed by atoms with Crippen LogP contribution in [0.25, 0.3) is 0 Å². The minimum Gasteiger partial charge on any atom is -0.444 e. The second-order valence-electron chi connectivity index (χ2n) is 4.30. The van der Waals surface area contributed by atoms with Crippen molar-refractivity contribution in [3.05, 3.63) is 0 Å². The van der Waals surface area contributed by atoms with E-state index in [1.807, 2.05) is 0 Å². The van der Waals surface area contributed by atoms with Crippen molar-refractivity contribution in [3.63, 3.8) is 0 Å². The summed E-state index contributed by atoms with van der Waals surface area (Å²) in [5.74, 6) is 0.597.